The maximum absolute atomic E-state index is 12.7. The Labute approximate surface area is 160 Å². The summed E-state index contributed by atoms with van der Waals surface area (Å²) < 4.78 is 7.56. The smallest absolute Gasteiger partial charge is 0.326 e. The van der Waals surface area contributed by atoms with E-state index in [0.717, 1.165) is 17.1 Å². The maximum Gasteiger partial charge on any atom is 0.326 e. The molecular weight excluding hydrogens is 344 g/mol. The van der Waals surface area contributed by atoms with Crippen molar-refractivity contribution in [2.75, 3.05) is 6.61 Å². The third kappa shape index (κ3) is 5.44. The lowest BCUT2D eigenvalue weighted by molar-refractivity contribution is -0.140. The summed E-state index contributed by atoms with van der Waals surface area (Å²) in [5, 5.41) is 12.1. The summed E-state index contributed by atoms with van der Waals surface area (Å²) in [5.41, 5.74) is 2.76. The summed E-state index contributed by atoms with van der Waals surface area (Å²) in [7, 11) is 0. The van der Waals surface area contributed by atoms with Gasteiger partial charge < -0.3 is 19.7 Å². The number of aliphatic carboxylic acids is 1. The van der Waals surface area contributed by atoms with Crippen LogP contribution in [0.3, 0.4) is 0 Å². The number of nitrogens with one attached hydrogen (secondary N) is 1. The molecule has 1 aromatic carbocycles. The van der Waals surface area contributed by atoms with Crippen molar-refractivity contribution in [1.82, 2.24) is 9.88 Å². The number of ether oxygens (including phenoxy) is 1. The molecule has 1 unspecified atom stereocenters. The first kappa shape index (κ1) is 20.7. The Morgan fingerprint density at radius 1 is 1.19 bits per heavy atom. The largest absolute Gasteiger partial charge is 0.480 e. The number of hydrogen-bond donors (Lipinski definition) is 2. The average molecular weight is 372 g/mol. The number of nitrogens with zero attached hydrogens (tertiary/aromatic N) is 1. The van der Waals surface area contributed by atoms with Gasteiger partial charge >= 0.3 is 5.97 Å². The van der Waals surface area contributed by atoms with Crippen molar-refractivity contribution >= 4 is 11.9 Å². The van der Waals surface area contributed by atoms with Gasteiger partial charge in [0.1, 0.15) is 6.04 Å². The molecule has 0 saturated carbocycles. The molecule has 0 radical (unpaired) electrons. The molecule has 0 aliphatic heterocycles. The van der Waals surface area contributed by atoms with E-state index in [0.29, 0.717) is 5.56 Å². The van der Waals surface area contributed by atoms with Gasteiger partial charge in [0.05, 0.1) is 11.2 Å². The molecule has 0 spiro atoms. The van der Waals surface area contributed by atoms with Crippen LogP contribution in [0.2, 0.25) is 0 Å². The van der Waals surface area contributed by atoms with Crippen LogP contribution in [0.4, 0.5) is 0 Å². The monoisotopic (exact) mass is 372 g/mol. The van der Waals surface area contributed by atoms with Crippen LogP contribution >= 0.6 is 0 Å². The second-order valence-electron chi connectivity index (χ2n) is 7.57. The fourth-order valence-corrected chi connectivity index (χ4v) is 2.94. The molecule has 27 heavy (non-hydrogen) atoms. The van der Waals surface area contributed by atoms with Gasteiger partial charge in [-0.3, -0.25) is 4.79 Å². The van der Waals surface area contributed by atoms with Crippen molar-refractivity contribution < 1.29 is 19.4 Å². The summed E-state index contributed by atoms with van der Waals surface area (Å²) >= 11 is 0. The predicted molar refractivity (Wildman–Crippen MR) is 104 cm³/mol. The van der Waals surface area contributed by atoms with Crippen molar-refractivity contribution in [1.29, 1.82) is 0 Å². The summed E-state index contributed by atoms with van der Waals surface area (Å²) in [5.74, 6) is -1.47. The van der Waals surface area contributed by atoms with Crippen molar-refractivity contribution in [2.24, 2.45) is 0 Å². The normalized spacial score (nSPS) is 12.6. The summed E-state index contributed by atoms with van der Waals surface area (Å²) in [6, 6.07) is 10.5. The van der Waals surface area contributed by atoms with Crippen molar-refractivity contribution in [3.05, 3.63) is 53.3 Å². The summed E-state index contributed by atoms with van der Waals surface area (Å²) in [6.45, 7) is 9.74. The lowest BCUT2D eigenvalue weighted by Gasteiger charge is -2.21. The van der Waals surface area contributed by atoms with Gasteiger partial charge in [-0.25, -0.2) is 4.79 Å². The Kier molecular flexibility index (Phi) is 6.44. The molecular formula is C21H28N2O4. The topological polar surface area (TPSA) is 80.6 Å². The zero-order valence-corrected chi connectivity index (χ0v) is 16.6. The van der Waals surface area contributed by atoms with Gasteiger partial charge in [0.15, 0.2) is 0 Å². The van der Waals surface area contributed by atoms with E-state index in [1.807, 2.05) is 69.5 Å². The molecule has 2 rings (SSSR count). The number of benzene rings is 1. The van der Waals surface area contributed by atoms with Gasteiger partial charge in [0.25, 0.3) is 5.91 Å². The second kappa shape index (κ2) is 8.39. The van der Waals surface area contributed by atoms with E-state index < -0.39 is 17.9 Å². The van der Waals surface area contributed by atoms with Gasteiger partial charge in [-0.1, -0.05) is 18.2 Å². The molecule has 146 valence electrons. The minimum absolute atomic E-state index is 0.204. The molecule has 1 aromatic heterocycles. The molecule has 2 N–H and O–H groups in total. The molecule has 0 aliphatic carbocycles. The first-order valence-corrected chi connectivity index (χ1v) is 9.02. The summed E-state index contributed by atoms with van der Waals surface area (Å²) in [6.07, 6.45) is 0.204. The average Bonchev–Trinajstić information content (AvgIpc) is 2.88. The van der Waals surface area contributed by atoms with E-state index in [1.165, 1.54) is 0 Å². The van der Waals surface area contributed by atoms with Crippen molar-refractivity contribution in [3.8, 4) is 5.69 Å². The molecule has 0 saturated heterocycles. The van der Waals surface area contributed by atoms with E-state index in [2.05, 4.69) is 5.32 Å². The lowest BCUT2D eigenvalue weighted by atomic mass is 10.1. The molecule has 0 bridgehead atoms. The third-order valence-electron chi connectivity index (χ3n) is 4.24. The minimum atomic E-state index is -1.07. The van der Waals surface area contributed by atoms with Gasteiger partial charge in [-0.05, 0) is 52.8 Å². The number of aryl methyl sites for hydroxylation is 1. The zero-order chi connectivity index (χ0) is 20.2. The van der Waals surface area contributed by atoms with E-state index in [-0.39, 0.29) is 18.6 Å². The first-order valence-electron chi connectivity index (χ1n) is 9.02. The Bertz CT molecular complexity index is 804. The highest BCUT2D eigenvalue weighted by molar-refractivity contribution is 5.98. The Balaban J connectivity index is 2.16. The van der Waals surface area contributed by atoms with Crippen LogP contribution in [0.15, 0.2) is 36.4 Å². The molecule has 6 heteroatoms. The number of carbonyl (C=O) groups is 2. The maximum atomic E-state index is 12.7. The number of amides is 1. The SMILES string of the molecule is Cc1cc(C(=O)NC(CCOC(C)(C)C)C(=O)O)c(C)n1-c1ccccc1. The zero-order valence-electron chi connectivity index (χ0n) is 16.6. The fraction of sp³-hybridized carbons (Fsp3) is 0.429. The molecule has 2 aromatic rings. The highest BCUT2D eigenvalue weighted by atomic mass is 16.5. The summed E-state index contributed by atoms with van der Waals surface area (Å²) in [4.78, 5) is 24.2. The van der Waals surface area contributed by atoms with E-state index >= 15 is 0 Å². The van der Waals surface area contributed by atoms with E-state index in [4.69, 9.17) is 4.74 Å². The number of carboxylic acids is 1. The number of carbonyl (C=O) groups excluding carboxylic acids is 1. The lowest BCUT2D eigenvalue weighted by Crippen LogP contribution is -2.42. The fourth-order valence-electron chi connectivity index (χ4n) is 2.94. The van der Waals surface area contributed by atoms with Crippen LogP contribution in [0.25, 0.3) is 5.69 Å². The molecule has 1 atom stereocenters. The second-order valence-corrected chi connectivity index (χ2v) is 7.57. The molecule has 1 heterocycles. The van der Waals surface area contributed by atoms with Gasteiger partial charge in [0.2, 0.25) is 0 Å². The van der Waals surface area contributed by atoms with Gasteiger partial charge in [-0.15, -0.1) is 0 Å². The number of para-hydroxylation sites is 1. The number of rotatable bonds is 7. The van der Waals surface area contributed by atoms with Crippen LogP contribution in [-0.4, -0.2) is 39.8 Å². The molecule has 6 nitrogen and oxygen atoms in total. The van der Waals surface area contributed by atoms with Crippen LogP contribution in [0, 0.1) is 13.8 Å². The van der Waals surface area contributed by atoms with Gasteiger partial charge in [0, 0.05) is 30.1 Å². The van der Waals surface area contributed by atoms with Crippen LogP contribution in [0.5, 0.6) is 0 Å². The highest BCUT2D eigenvalue weighted by Crippen LogP contribution is 2.21. The molecule has 0 fully saturated rings. The first-order chi connectivity index (χ1) is 12.6. The number of carboxylic acid groups (broad SMARTS) is 1. The minimum Gasteiger partial charge on any atom is -0.480 e. The quantitative estimate of drug-likeness (QED) is 0.780. The molecule has 1 amide bonds. The van der Waals surface area contributed by atoms with Crippen LogP contribution in [0.1, 0.15) is 48.9 Å². The third-order valence-corrected chi connectivity index (χ3v) is 4.24. The van der Waals surface area contributed by atoms with Crippen molar-refractivity contribution in [2.45, 2.75) is 52.7 Å². The van der Waals surface area contributed by atoms with E-state index in [1.54, 1.807) is 6.07 Å². The van der Waals surface area contributed by atoms with Crippen molar-refractivity contribution in [3.63, 3.8) is 0 Å². The highest BCUT2D eigenvalue weighted by Gasteiger charge is 2.24. The van der Waals surface area contributed by atoms with Gasteiger partial charge in [-0.2, -0.15) is 0 Å². The standard InChI is InChI=1S/C21H28N2O4/c1-14-13-17(15(2)23(14)16-9-7-6-8-10-16)19(24)22-18(20(25)26)11-12-27-21(3,4)5/h6-10,13,18H,11-12H2,1-5H3,(H,22,24)(H,25,26). The molecule has 0 aliphatic rings. The Morgan fingerprint density at radius 3 is 2.37 bits per heavy atom. The van der Waals surface area contributed by atoms with Crippen LogP contribution < -0.4 is 5.32 Å². The number of aromatic nitrogens is 1. The number of hydrogen-bond acceptors (Lipinski definition) is 3. The van der Waals surface area contributed by atoms with Crippen LogP contribution in [-0.2, 0) is 9.53 Å². The Morgan fingerprint density at radius 2 is 1.81 bits per heavy atom. The van der Waals surface area contributed by atoms with E-state index in [9.17, 15) is 14.7 Å². The Hall–Kier alpha value is -2.60. The predicted octanol–water partition coefficient (Wildman–Crippen LogP) is 3.48.